The van der Waals surface area contributed by atoms with E-state index in [1.54, 1.807) is 16.8 Å². The Balaban J connectivity index is 1.17. The van der Waals surface area contributed by atoms with Crippen LogP contribution in [-0.2, 0) is 51.2 Å². The van der Waals surface area contributed by atoms with Crippen LogP contribution >= 0.6 is 13.4 Å². The summed E-state index contributed by atoms with van der Waals surface area (Å²) in [5.41, 5.74) is 11.9. The van der Waals surface area contributed by atoms with Crippen molar-refractivity contribution in [1.82, 2.24) is 34.1 Å². The largest absolute Gasteiger partial charge is 0.383 e. The van der Waals surface area contributed by atoms with Crippen molar-refractivity contribution in [2.45, 2.75) is 49.7 Å². The summed E-state index contributed by atoms with van der Waals surface area (Å²) in [7, 11) is 0. The van der Waals surface area contributed by atoms with Gasteiger partial charge in [0.2, 0.25) is 5.95 Å². The van der Waals surface area contributed by atoms with E-state index in [4.69, 9.17) is 62.6 Å². The van der Waals surface area contributed by atoms with Gasteiger partial charge < -0.3 is 53.4 Å². The molecule has 0 saturated carbocycles. The molecule has 3 aliphatic heterocycles. The van der Waals surface area contributed by atoms with Gasteiger partial charge in [-0.05, 0) is 29.7 Å². The molecule has 3 fully saturated rings. The molecule has 230 valence electrons. The highest BCUT2D eigenvalue weighted by molar-refractivity contribution is 8.07. The van der Waals surface area contributed by atoms with E-state index in [0.717, 1.165) is 0 Å². The molecule has 8 atom stereocenters. The number of hydrogen-bond acceptors (Lipinski definition) is 15. The number of ether oxygens (including phenoxy) is 2. The van der Waals surface area contributed by atoms with E-state index in [1.165, 1.54) is 17.2 Å². The molecule has 2 bridgehead atoms. The smallest absolute Gasteiger partial charge is 0.325 e. The lowest BCUT2D eigenvalue weighted by atomic mass is 10.2. The van der Waals surface area contributed by atoms with E-state index in [2.05, 4.69) is 24.9 Å². The quantitative estimate of drug-likeness (QED) is 0.183. The predicted octanol–water partition coefficient (Wildman–Crippen LogP) is 0.555. The molecule has 4 aromatic rings. The summed E-state index contributed by atoms with van der Waals surface area (Å²) in [4.78, 5) is 53.4. The monoisotopic (exact) mass is 673 g/mol. The SMILES string of the molecule is Nc1nc2c(ncn2[C@@H]2O[C@@H]3COP(O)(=S)O[C@H]4C[C@H](n5ccc6c(N)ncnc65)OC4COP(O)(=S)O[C@@H]2C3)c(=O)[nH]1. The van der Waals surface area contributed by atoms with Gasteiger partial charge in [0.15, 0.2) is 17.4 Å². The van der Waals surface area contributed by atoms with Crippen LogP contribution in [0.2, 0.25) is 0 Å². The fourth-order valence-electron chi connectivity index (χ4n) is 5.40. The minimum Gasteiger partial charge on any atom is -0.383 e. The minimum absolute atomic E-state index is 0.0215. The minimum atomic E-state index is -3.92. The van der Waals surface area contributed by atoms with Crippen molar-refractivity contribution in [3.05, 3.63) is 35.3 Å². The summed E-state index contributed by atoms with van der Waals surface area (Å²) in [6, 6.07) is 1.76. The number of imidazole rings is 1. The van der Waals surface area contributed by atoms with E-state index in [1.807, 2.05) is 0 Å². The molecule has 4 aromatic heterocycles. The maximum atomic E-state index is 12.3. The summed E-state index contributed by atoms with van der Waals surface area (Å²) in [5, 5.41) is 0.637. The first-order valence-corrected chi connectivity index (χ1v) is 18.1. The number of H-pyrrole nitrogens is 1. The van der Waals surface area contributed by atoms with E-state index in [-0.39, 0.29) is 43.2 Å². The first-order chi connectivity index (χ1) is 20.5. The number of nitrogen functional groups attached to an aromatic ring is 2. The summed E-state index contributed by atoms with van der Waals surface area (Å²) in [6.07, 6.45) is -0.0101. The molecular weight excluding hydrogens is 648 g/mol. The zero-order valence-electron chi connectivity index (χ0n) is 21.9. The maximum absolute atomic E-state index is 12.3. The predicted molar refractivity (Wildman–Crippen MR) is 156 cm³/mol. The molecule has 7 heterocycles. The third-order valence-electron chi connectivity index (χ3n) is 7.26. The molecule has 0 radical (unpaired) electrons. The third kappa shape index (κ3) is 5.63. The van der Waals surface area contributed by atoms with Crippen molar-refractivity contribution in [3.8, 4) is 0 Å². The lowest BCUT2D eigenvalue weighted by Gasteiger charge is -2.27. The van der Waals surface area contributed by atoms with Crippen molar-refractivity contribution in [2.75, 3.05) is 24.7 Å². The standard InChI is InChI=1S/C21H25N9O9P2S2/c22-16-10-1-2-29(17(10)25-7-24-16)14-4-11-13(37-14)6-35-41(33,43)39-12-3-9(5-34-40(32,42)38-11)36-20(12)30-8-26-15-18(30)27-21(23)28-19(15)31/h1-2,7-9,11-14,20H,3-6H2,(H,32,42)(H,33,43)(H2,22,24,25)(H3,23,27,28,31)/t9-,11-,12+,13?,14+,20+,40?,41?/m0/s1. The lowest BCUT2D eigenvalue weighted by molar-refractivity contribution is -0.0594. The number of anilines is 2. The van der Waals surface area contributed by atoms with Crippen molar-refractivity contribution in [1.29, 1.82) is 0 Å². The molecule has 0 aromatic carbocycles. The first kappa shape index (κ1) is 29.3. The van der Waals surface area contributed by atoms with E-state index in [9.17, 15) is 14.6 Å². The van der Waals surface area contributed by atoms with Crippen LogP contribution in [0.15, 0.2) is 29.7 Å². The lowest BCUT2D eigenvalue weighted by Crippen LogP contribution is -2.29. The Bertz CT molecular complexity index is 1870. The van der Waals surface area contributed by atoms with Crippen LogP contribution in [0.3, 0.4) is 0 Å². The van der Waals surface area contributed by atoms with Gasteiger partial charge in [-0.2, -0.15) is 4.98 Å². The molecule has 18 nitrogen and oxygen atoms in total. The average molecular weight is 674 g/mol. The highest BCUT2D eigenvalue weighted by atomic mass is 32.5. The van der Waals surface area contributed by atoms with Crippen molar-refractivity contribution < 1.29 is 37.4 Å². The number of rotatable bonds is 2. The van der Waals surface area contributed by atoms with Crippen LogP contribution in [0, 0.1) is 0 Å². The van der Waals surface area contributed by atoms with Gasteiger partial charge >= 0.3 is 13.4 Å². The molecule has 0 amide bonds. The van der Waals surface area contributed by atoms with Gasteiger partial charge in [-0.1, -0.05) is 0 Å². The summed E-state index contributed by atoms with van der Waals surface area (Å²) < 4.78 is 38.8. The Hall–Kier alpha value is -2.45. The number of nitrogens with two attached hydrogens (primary N) is 2. The second-order valence-electron chi connectivity index (χ2n) is 10.1. The van der Waals surface area contributed by atoms with Gasteiger partial charge in [0.05, 0.1) is 37.1 Å². The molecule has 0 spiro atoms. The van der Waals surface area contributed by atoms with Gasteiger partial charge in [-0.25, -0.2) is 15.0 Å². The summed E-state index contributed by atoms with van der Waals surface area (Å²) >= 11 is 10.7. The summed E-state index contributed by atoms with van der Waals surface area (Å²) in [6.45, 7) is -8.18. The molecule has 3 unspecified atom stereocenters. The van der Waals surface area contributed by atoms with Crippen LogP contribution in [-0.4, -0.2) is 81.5 Å². The molecule has 0 aliphatic carbocycles. The van der Waals surface area contributed by atoms with Crippen LogP contribution in [0.5, 0.6) is 0 Å². The van der Waals surface area contributed by atoms with Crippen LogP contribution in [0.25, 0.3) is 22.2 Å². The number of aromatic nitrogens is 7. The third-order valence-corrected chi connectivity index (χ3v) is 10.4. The van der Waals surface area contributed by atoms with Crippen LogP contribution < -0.4 is 17.0 Å². The fourth-order valence-corrected chi connectivity index (χ4v) is 8.33. The average Bonchev–Trinajstić information content (AvgIpc) is 3.71. The Morgan fingerprint density at radius 3 is 2.53 bits per heavy atom. The number of hydrogen-bond donors (Lipinski definition) is 5. The highest BCUT2D eigenvalue weighted by Gasteiger charge is 2.45. The number of nitrogens with zero attached hydrogens (tertiary/aromatic N) is 6. The Morgan fingerprint density at radius 1 is 0.953 bits per heavy atom. The van der Waals surface area contributed by atoms with Crippen molar-refractivity contribution in [2.24, 2.45) is 0 Å². The first-order valence-electron chi connectivity index (χ1n) is 12.9. The van der Waals surface area contributed by atoms with Gasteiger partial charge in [-0.3, -0.25) is 14.3 Å². The zero-order valence-corrected chi connectivity index (χ0v) is 25.3. The number of aromatic amines is 1. The van der Waals surface area contributed by atoms with Crippen molar-refractivity contribution >= 4 is 71.0 Å². The molecule has 43 heavy (non-hydrogen) atoms. The van der Waals surface area contributed by atoms with Crippen molar-refractivity contribution in [3.63, 3.8) is 0 Å². The summed E-state index contributed by atoms with van der Waals surface area (Å²) in [5.74, 6) is 0.185. The Morgan fingerprint density at radius 2 is 1.72 bits per heavy atom. The highest BCUT2D eigenvalue weighted by Crippen LogP contribution is 2.54. The number of nitrogens with one attached hydrogen (secondary N) is 1. The molecule has 7 N–H and O–H groups in total. The Labute approximate surface area is 251 Å². The maximum Gasteiger partial charge on any atom is 0.325 e. The molecule has 3 aliphatic rings. The van der Waals surface area contributed by atoms with E-state index in [0.29, 0.717) is 16.9 Å². The fraction of sp³-hybridized carbons (Fsp3) is 0.476. The van der Waals surface area contributed by atoms with Gasteiger partial charge in [0.25, 0.3) is 5.56 Å². The molecule has 7 rings (SSSR count). The second kappa shape index (κ2) is 10.9. The van der Waals surface area contributed by atoms with Gasteiger partial charge in [0.1, 0.15) is 36.2 Å². The van der Waals surface area contributed by atoms with Crippen LogP contribution in [0.4, 0.5) is 11.8 Å². The molecule has 3 saturated heterocycles. The second-order valence-corrected chi connectivity index (χ2v) is 15.6. The zero-order chi connectivity index (χ0) is 30.1. The van der Waals surface area contributed by atoms with Gasteiger partial charge in [-0.15, -0.1) is 0 Å². The van der Waals surface area contributed by atoms with Gasteiger partial charge in [0, 0.05) is 19.0 Å². The molecular formula is C21H25N9O9P2S2. The number of fused-ring (bicyclic) bond motifs is 5. The van der Waals surface area contributed by atoms with E-state index >= 15 is 0 Å². The van der Waals surface area contributed by atoms with Crippen LogP contribution in [0.1, 0.15) is 25.3 Å². The Kier molecular flexibility index (Phi) is 7.40. The normalized spacial score (nSPS) is 35.4. The molecule has 22 heteroatoms. The topological polar surface area (TPSA) is 242 Å². The van der Waals surface area contributed by atoms with E-state index < -0.39 is 55.9 Å².